The molecule has 0 atom stereocenters. The predicted molar refractivity (Wildman–Crippen MR) is 85.2 cm³/mol. The van der Waals surface area contributed by atoms with Gasteiger partial charge >= 0.3 is 0 Å². The monoisotopic (exact) mass is 329 g/mol. The van der Waals surface area contributed by atoms with Crippen LogP contribution in [-0.4, -0.2) is 24.3 Å². The first kappa shape index (κ1) is 17.1. The van der Waals surface area contributed by atoms with Crippen molar-refractivity contribution in [2.45, 2.75) is 6.42 Å². The van der Waals surface area contributed by atoms with E-state index in [4.69, 9.17) is 0 Å². The van der Waals surface area contributed by atoms with E-state index in [-0.39, 0.29) is 24.7 Å². The molecule has 0 bridgehead atoms. The molecule has 0 aliphatic heterocycles. The van der Waals surface area contributed by atoms with Gasteiger partial charge in [0.15, 0.2) is 0 Å². The topological polar surface area (TPSA) is 87.3 Å². The van der Waals surface area contributed by atoms with E-state index >= 15 is 0 Å². The first-order valence-corrected chi connectivity index (χ1v) is 7.20. The van der Waals surface area contributed by atoms with Gasteiger partial charge in [0.25, 0.3) is 11.8 Å². The number of carbonyl (C=O) groups is 3. The van der Waals surface area contributed by atoms with Crippen LogP contribution in [0, 0.1) is 5.82 Å². The summed E-state index contributed by atoms with van der Waals surface area (Å²) in [7, 11) is 0. The second-order valence-electron chi connectivity index (χ2n) is 4.95. The molecule has 0 fully saturated rings. The Kier molecular flexibility index (Phi) is 6.01. The normalized spacial score (nSPS) is 9.88. The summed E-state index contributed by atoms with van der Waals surface area (Å²) in [6.07, 6.45) is -0.00304. The van der Waals surface area contributed by atoms with Crippen molar-refractivity contribution in [3.63, 3.8) is 0 Å². The molecule has 0 spiro atoms. The highest BCUT2D eigenvalue weighted by atomic mass is 19.1. The molecular weight excluding hydrogens is 313 g/mol. The van der Waals surface area contributed by atoms with E-state index < -0.39 is 11.8 Å². The summed E-state index contributed by atoms with van der Waals surface area (Å²) in [4.78, 5) is 35.0. The minimum atomic E-state index is -0.563. The highest BCUT2D eigenvalue weighted by molar-refractivity contribution is 5.96. The fourth-order valence-electron chi connectivity index (χ4n) is 1.87. The van der Waals surface area contributed by atoms with Crippen LogP contribution in [0.1, 0.15) is 15.9 Å². The summed E-state index contributed by atoms with van der Waals surface area (Å²) < 4.78 is 12.8. The molecule has 0 unspecified atom stereocenters. The number of amides is 3. The van der Waals surface area contributed by atoms with E-state index in [0.29, 0.717) is 11.1 Å². The Morgan fingerprint density at radius 1 is 0.833 bits per heavy atom. The molecule has 7 heteroatoms. The maximum Gasteiger partial charge on any atom is 0.257 e. The van der Waals surface area contributed by atoms with Gasteiger partial charge in [0, 0.05) is 5.56 Å². The first-order chi connectivity index (χ1) is 11.5. The van der Waals surface area contributed by atoms with Crippen molar-refractivity contribution in [3.05, 3.63) is 71.5 Å². The number of hydrogen-bond donors (Lipinski definition) is 3. The Bertz CT molecular complexity index is 718. The summed E-state index contributed by atoms with van der Waals surface area (Å²) in [5.74, 6) is -1.79. The molecule has 124 valence electrons. The van der Waals surface area contributed by atoms with Crippen molar-refractivity contribution in [1.29, 1.82) is 0 Å². The standard InChI is InChI=1S/C17H16FN3O3/c18-14-8-6-12(7-9-14)10-15(22)20-21-16(23)11-19-17(24)13-4-2-1-3-5-13/h1-9H,10-11H2,(H,19,24)(H,20,22)(H,21,23). The van der Waals surface area contributed by atoms with Crippen LogP contribution in [0.15, 0.2) is 54.6 Å². The van der Waals surface area contributed by atoms with Gasteiger partial charge in [0.1, 0.15) is 5.82 Å². The van der Waals surface area contributed by atoms with E-state index in [2.05, 4.69) is 16.2 Å². The van der Waals surface area contributed by atoms with Crippen molar-refractivity contribution in [2.24, 2.45) is 0 Å². The molecule has 24 heavy (non-hydrogen) atoms. The lowest BCUT2D eigenvalue weighted by Gasteiger charge is -2.08. The zero-order valence-electron chi connectivity index (χ0n) is 12.7. The number of carbonyl (C=O) groups excluding carboxylic acids is 3. The van der Waals surface area contributed by atoms with Gasteiger partial charge in [-0.1, -0.05) is 30.3 Å². The number of halogens is 1. The fraction of sp³-hybridized carbons (Fsp3) is 0.118. The third-order valence-corrected chi connectivity index (χ3v) is 3.06. The average Bonchev–Trinajstić information content (AvgIpc) is 2.60. The zero-order chi connectivity index (χ0) is 17.4. The molecule has 2 aromatic rings. The molecule has 0 saturated carbocycles. The quantitative estimate of drug-likeness (QED) is 0.714. The van der Waals surface area contributed by atoms with Crippen molar-refractivity contribution in [2.75, 3.05) is 6.54 Å². The van der Waals surface area contributed by atoms with Crippen molar-refractivity contribution in [3.8, 4) is 0 Å². The van der Waals surface area contributed by atoms with Gasteiger partial charge in [-0.15, -0.1) is 0 Å². The van der Waals surface area contributed by atoms with E-state index in [1.807, 2.05) is 0 Å². The van der Waals surface area contributed by atoms with Gasteiger partial charge in [-0.2, -0.15) is 0 Å². The Morgan fingerprint density at radius 3 is 2.12 bits per heavy atom. The number of hydrogen-bond acceptors (Lipinski definition) is 3. The third kappa shape index (κ3) is 5.53. The number of rotatable bonds is 5. The lowest BCUT2D eigenvalue weighted by molar-refractivity contribution is -0.128. The summed E-state index contributed by atoms with van der Waals surface area (Å²) in [6, 6.07) is 13.9. The summed E-state index contributed by atoms with van der Waals surface area (Å²) in [6.45, 7) is -0.273. The minimum absolute atomic E-state index is 0.00304. The minimum Gasteiger partial charge on any atom is -0.343 e. The molecule has 3 amide bonds. The molecule has 0 aromatic heterocycles. The Hall–Kier alpha value is -3.22. The van der Waals surface area contributed by atoms with Gasteiger partial charge < -0.3 is 5.32 Å². The van der Waals surface area contributed by atoms with Crippen LogP contribution in [0.5, 0.6) is 0 Å². The molecule has 6 nitrogen and oxygen atoms in total. The number of nitrogens with one attached hydrogen (secondary N) is 3. The molecule has 0 radical (unpaired) electrons. The van der Waals surface area contributed by atoms with Crippen LogP contribution in [0.4, 0.5) is 4.39 Å². The van der Waals surface area contributed by atoms with Crippen LogP contribution in [0.25, 0.3) is 0 Å². The van der Waals surface area contributed by atoms with Crippen molar-refractivity contribution >= 4 is 17.7 Å². The maximum absolute atomic E-state index is 12.8. The molecule has 3 N–H and O–H groups in total. The molecule has 0 saturated heterocycles. The van der Waals surface area contributed by atoms with Crippen molar-refractivity contribution < 1.29 is 18.8 Å². The Labute approximate surface area is 138 Å². The highest BCUT2D eigenvalue weighted by Gasteiger charge is 2.09. The summed E-state index contributed by atoms with van der Waals surface area (Å²) >= 11 is 0. The van der Waals surface area contributed by atoms with Crippen LogP contribution in [-0.2, 0) is 16.0 Å². The highest BCUT2D eigenvalue weighted by Crippen LogP contribution is 2.03. The molecular formula is C17H16FN3O3. The third-order valence-electron chi connectivity index (χ3n) is 3.06. The van der Waals surface area contributed by atoms with Gasteiger partial charge in [-0.3, -0.25) is 25.2 Å². The summed E-state index contributed by atoms with van der Waals surface area (Å²) in [5, 5.41) is 2.43. The van der Waals surface area contributed by atoms with Crippen LogP contribution >= 0.6 is 0 Å². The van der Waals surface area contributed by atoms with E-state index in [1.165, 1.54) is 24.3 Å². The number of benzene rings is 2. The lowest BCUT2D eigenvalue weighted by Crippen LogP contribution is -2.46. The maximum atomic E-state index is 12.8. The molecule has 0 aliphatic rings. The SMILES string of the molecule is O=C(CNC(=O)c1ccccc1)NNC(=O)Cc1ccc(F)cc1. The number of hydrazine groups is 1. The van der Waals surface area contributed by atoms with E-state index in [1.54, 1.807) is 30.3 Å². The largest absolute Gasteiger partial charge is 0.343 e. The fourth-order valence-corrected chi connectivity index (χ4v) is 1.87. The van der Waals surface area contributed by atoms with Gasteiger partial charge in [0.2, 0.25) is 5.91 Å². The van der Waals surface area contributed by atoms with Gasteiger partial charge in [-0.25, -0.2) is 4.39 Å². The first-order valence-electron chi connectivity index (χ1n) is 7.20. The molecule has 0 aliphatic carbocycles. The van der Waals surface area contributed by atoms with E-state index in [0.717, 1.165) is 0 Å². The van der Waals surface area contributed by atoms with E-state index in [9.17, 15) is 18.8 Å². The van der Waals surface area contributed by atoms with Crippen LogP contribution in [0.2, 0.25) is 0 Å². The second-order valence-corrected chi connectivity index (χ2v) is 4.95. The average molecular weight is 329 g/mol. The summed E-state index contributed by atoms with van der Waals surface area (Å²) in [5.41, 5.74) is 5.47. The molecule has 0 heterocycles. The molecule has 2 rings (SSSR count). The second kappa shape index (κ2) is 8.42. The Morgan fingerprint density at radius 2 is 1.46 bits per heavy atom. The smallest absolute Gasteiger partial charge is 0.257 e. The van der Waals surface area contributed by atoms with Crippen LogP contribution < -0.4 is 16.2 Å². The van der Waals surface area contributed by atoms with Gasteiger partial charge in [-0.05, 0) is 29.8 Å². The zero-order valence-corrected chi connectivity index (χ0v) is 12.7. The Balaban J connectivity index is 1.70. The van der Waals surface area contributed by atoms with Crippen LogP contribution in [0.3, 0.4) is 0 Å². The molecule has 2 aromatic carbocycles. The predicted octanol–water partition coefficient (Wildman–Crippen LogP) is 0.946. The van der Waals surface area contributed by atoms with Gasteiger partial charge in [0.05, 0.1) is 13.0 Å². The van der Waals surface area contributed by atoms with Crippen molar-refractivity contribution in [1.82, 2.24) is 16.2 Å². The lowest BCUT2D eigenvalue weighted by atomic mass is 10.1.